The van der Waals surface area contributed by atoms with E-state index in [1.54, 1.807) is 18.1 Å². The molecular formula is C15H17N3O3. The number of methoxy groups -OCH3 is 1. The molecule has 1 aromatic carbocycles. The zero-order valence-electron chi connectivity index (χ0n) is 11.8. The molecule has 6 heteroatoms. The van der Waals surface area contributed by atoms with Gasteiger partial charge in [0.05, 0.1) is 7.11 Å². The number of amides is 1. The van der Waals surface area contributed by atoms with Gasteiger partial charge in [-0.1, -0.05) is 5.16 Å². The monoisotopic (exact) mass is 287 g/mol. The van der Waals surface area contributed by atoms with Gasteiger partial charge >= 0.3 is 0 Å². The van der Waals surface area contributed by atoms with Gasteiger partial charge in [0.15, 0.2) is 0 Å². The van der Waals surface area contributed by atoms with Crippen molar-refractivity contribution in [3.05, 3.63) is 30.3 Å². The summed E-state index contributed by atoms with van der Waals surface area (Å²) in [6, 6.07) is 9.28. The lowest BCUT2D eigenvalue weighted by atomic mass is 10.1. The van der Waals surface area contributed by atoms with Crippen molar-refractivity contribution in [2.75, 3.05) is 25.1 Å². The van der Waals surface area contributed by atoms with Crippen molar-refractivity contribution < 1.29 is 14.1 Å². The quantitative estimate of drug-likeness (QED) is 0.925. The number of carbonyl (C=O) groups excluding carboxylic acids is 1. The molecule has 1 amide bonds. The summed E-state index contributed by atoms with van der Waals surface area (Å²) in [6.07, 6.45) is 0.467. The number of hydrogen-bond donors (Lipinski definition) is 1. The summed E-state index contributed by atoms with van der Waals surface area (Å²) < 4.78 is 10.4. The Labute approximate surface area is 122 Å². The number of aromatic nitrogens is 1. The molecule has 3 rings (SSSR count). The van der Waals surface area contributed by atoms with Crippen LogP contribution in [0.5, 0.6) is 5.75 Å². The highest BCUT2D eigenvalue weighted by Crippen LogP contribution is 2.29. The highest BCUT2D eigenvalue weighted by atomic mass is 16.5. The van der Waals surface area contributed by atoms with Gasteiger partial charge < -0.3 is 15.0 Å². The Morgan fingerprint density at radius 1 is 1.43 bits per heavy atom. The number of nitrogens with two attached hydrogens (primary N) is 1. The standard InChI is InChI=1S/C15H17N3O3/c1-20-12-4-2-11(3-5-12)13-7-15(21-17-13)18-9-10(8-16)6-14(18)19/h2-5,7,10H,6,8-9,16H2,1H3. The molecule has 0 saturated carbocycles. The Hall–Kier alpha value is -2.34. The highest BCUT2D eigenvalue weighted by molar-refractivity contribution is 5.94. The summed E-state index contributed by atoms with van der Waals surface area (Å²) in [4.78, 5) is 13.5. The molecule has 2 aromatic rings. The fraction of sp³-hybridized carbons (Fsp3) is 0.333. The van der Waals surface area contributed by atoms with Crippen LogP contribution in [0.2, 0.25) is 0 Å². The van der Waals surface area contributed by atoms with Crippen LogP contribution in [0.1, 0.15) is 6.42 Å². The topological polar surface area (TPSA) is 81.6 Å². The molecule has 1 atom stereocenters. The number of nitrogens with zero attached hydrogens (tertiary/aromatic N) is 2. The number of anilines is 1. The van der Waals surface area contributed by atoms with Crippen molar-refractivity contribution in [3.63, 3.8) is 0 Å². The lowest BCUT2D eigenvalue weighted by molar-refractivity contribution is -0.117. The number of rotatable bonds is 4. The largest absolute Gasteiger partial charge is 0.497 e. The first-order chi connectivity index (χ1) is 10.2. The SMILES string of the molecule is COc1ccc(-c2cc(N3CC(CN)CC3=O)on2)cc1. The van der Waals surface area contributed by atoms with E-state index in [2.05, 4.69) is 5.16 Å². The Morgan fingerprint density at radius 3 is 2.81 bits per heavy atom. The fourth-order valence-corrected chi connectivity index (χ4v) is 2.44. The molecule has 0 radical (unpaired) electrons. The first-order valence-corrected chi connectivity index (χ1v) is 6.83. The number of ether oxygens (including phenoxy) is 1. The molecule has 0 aliphatic carbocycles. The zero-order chi connectivity index (χ0) is 14.8. The van der Waals surface area contributed by atoms with E-state index in [1.165, 1.54) is 0 Å². The van der Waals surface area contributed by atoms with Crippen molar-refractivity contribution in [2.45, 2.75) is 6.42 Å². The second-order valence-electron chi connectivity index (χ2n) is 5.09. The van der Waals surface area contributed by atoms with Crippen molar-refractivity contribution in [2.24, 2.45) is 11.7 Å². The predicted molar refractivity (Wildman–Crippen MR) is 78.0 cm³/mol. The lowest BCUT2D eigenvalue weighted by Gasteiger charge is -2.10. The van der Waals surface area contributed by atoms with Crippen molar-refractivity contribution >= 4 is 11.8 Å². The second-order valence-corrected chi connectivity index (χ2v) is 5.09. The first kappa shape index (κ1) is 13.6. The molecule has 1 aromatic heterocycles. The number of benzene rings is 1. The van der Waals surface area contributed by atoms with Crippen LogP contribution >= 0.6 is 0 Å². The van der Waals surface area contributed by atoms with Crippen LogP contribution in [0, 0.1) is 5.92 Å². The highest BCUT2D eigenvalue weighted by Gasteiger charge is 2.32. The van der Waals surface area contributed by atoms with Gasteiger partial charge in [-0.15, -0.1) is 0 Å². The maximum absolute atomic E-state index is 11.9. The maximum atomic E-state index is 11.9. The molecule has 1 saturated heterocycles. The third kappa shape index (κ3) is 2.62. The van der Waals surface area contributed by atoms with Crippen LogP contribution in [0.3, 0.4) is 0 Å². The number of hydrogen-bond acceptors (Lipinski definition) is 5. The van der Waals surface area contributed by atoms with Crippen LogP contribution in [-0.2, 0) is 4.79 Å². The minimum atomic E-state index is 0.0304. The summed E-state index contributed by atoms with van der Waals surface area (Å²) >= 11 is 0. The molecule has 1 aliphatic rings. The Kier molecular flexibility index (Phi) is 3.62. The van der Waals surface area contributed by atoms with Gasteiger partial charge in [0.1, 0.15) is 11.4 Å². The molecule has 2 N–H and O–H groups in total. The van der Waals surface area contributed by atoms with Crippen LogP contribution in [0.15, 0.2) is 34.9 Å². The summed E-state index contributed by atoms with van der Waals surface area (Å²) in [7, 11) is 1.62. The van der Waals surface area contributed by atoms with E-state index in [-0.39, 0.29) is 11.8 Å². The Balaban J connectivity index is 1.81. The van der Waals surface area contributed by atoms with Crippen LogP contribution in [-0.4, -0.2) is 31.3 Å². The van der Waals surface area contributed by atoms with Crippen LogP contribution in [0.4, 0.5) is 5.88 Å². The predicted octanol–water partition coefficient (Wildman–Crippen LogP) is 1.66. The Bertz CT molecular complexity index is 636. The summed E-state index contributed by atoms with van der Waals surface area (Å²) in [6.45, 7) is 1.09. The lowest BCUT2D eigenvalue weighted by Crippen LogP contribution is -2.25. The van der Waals surface area contributed by atoms with Crippen LogP contribution in [0.25, 0.3) is 11.3 Å². The molecule has 1 fully saturated rings. The molecule has 0 bridgehead atoms. The molecular weight excluding hydrogens is 270 g/mol. The van der Waals surface area contributed by atoms with E-state index in [0.29, 0.717) is 31.1 Å². The normalized spacial score (nSPS) is 18.3. The van der Waals surface area contributed by atoms with E-state index >= 15 is 0 Å². The third-order valence-corrected chi connectivity index (χ3v) is 3.69. The minimum absolute atomic E-state index is 0.0304. The number of carbonyl (C=O) groups is 1. The first-order valence-electron chi connectivity index (χ1n) is 6.83. The average Bonchev–Trinajstić information content (AvgIpc) is 3.13. The van der Waals surface area contributed by atoms with Gasteiger partial charge in [0.25, 0.3) is 0 Å². The Morgan fingerprint density at radius 2 is 2.19 bits per heavy atom. The molecule has 0 spiro atoms. The van der Waals surface area contributed by atoms with Crippen LogP contribution < -0.4 is 15.4 Å². The molecule has 1 aliphatic heterocycles. The molecule has 6 nitrogen and oxygen atoms in total. The van der Waals surface area contributed by atoms with Gasteiger partial charge in [-0.3, -0.25) is 9.69 Å². The average molecular weight is 287 g/mol. The summed E-state index contributed by atoms with van der Waals surface area (Å²) in [5.74, 6) is 1.47. The van der Waals surface area contributed by atoms with Crippen molar-refractivity contribution in [3.8, 4) is 17.0 Å². The van der Waals surface area contributed by atoms with Gasteiger partial charge in [0.2, 0.25) is 11.8 Å². The van der Waals surface area contributed by atoms with E-state index in [1.807, 2.05) is 24.3 Å². The van der Waals surface area contributed by atoms with Gasteiger partial charge in [-0.25, -0.2) is 0 Å². The molecule has 2 heterocycles. The van der Waals surface area contributed by atoms with Crippen molar-refractivity contribution in [1.82, 2.24) is 5.16 Å². The van der Waals surface area contributed by atoms with E-state index in [0.717, 1.165) is 11.3 Å². The minimum Gasteiger partial charge on any atom is -0.497 e. The van der Waals surface area contributed by atoms with E-state index in [9.17, 15) is 4.79 Å². The maximum Gasteiger partial charge on any atom is 0.234 e. The van der Waals surface area contributed by atoms with Gasteiger partial charge in [-0.2, -0.15) is 0 Å². The van der Waals surface area contributed by atoms with Gasteiger partial charge in [0, 0.05) is 24.6 Å². The smallest absolute Gasteiger partial charge is 0.234 e. The molecule has 110 valence electrons. The fourth-order valence-electron chi connectivity index (χ4n) is 2.44. The molecule has 1 unspecified atom stereocenters. The van der Waals surface area contributed by atoms with E-state index in [4.69, 9.17) is 15.0 Å². The molecule has 21 heavy (non-hydrogen) atoms. The second kappa shape index (κ2) is 5.57. The van der Waals surface area contributed by atoms with Crippen molar-refractivity contribution in [1.29, 1.82) is 0 Å². The summed E-state index contributed by atoms with van der Waals surface area (Å²) in [5.41, 5.74) is 7.22. The van der Waals surface area contributed by atoms with E-state index < -0.39 is 0 Å². The summed E-state index contributed by atoms with van der Waals surface area (Å²) in [5, 5.41) is 4.03. The zero-order valence-corrected chi connectivity index (χ0v) is 11.8. The third-order valence-electron chi connectivity index (χ3n) is 3.69. The van der Waals surface area contributed by atoms with Gasteiger partial charge in [-0.05, 0) is 36.7 Å².